The van der Waals surface area contributed by atoms with Crippen molar-refractivity contribution >= 4 is 22.4 Å². The highest BCUT2D eigenvalue weighted by Gasteiger charge is 2.24. The number of aromatic nitrogens is 1. The van der Waals surface area contributed by atoms with Crippen LogP contribution in [0.1, 0.15) is 33.1 Å². The molecule has 0 aliphatic carbocycles. The van der Waals surface area contributed by atoms with Gasteiger partial charge in [-0.2, -0.15) is 0 Å². The number of carbonyl (C=O) groups is 1. The zero-order valence-corrected chi connectivity index (χ0v) is 20.4. The first-order chi connectivity index (χ1) is 16.9. The molecule has 2 unspecified atom stereocenters. The molecule has 1 aliphatic heterocycles. The summed E-state index contributed by atoms with van der Waals surface area (Å²) in [6.45, 7) is 5.56. The maximum atomic E-state index is 15.0. The van der Waals surface area contributed by atoms with Crippen molar-refractivity contribution in [2.45, 2.75) is 45.3 Å². The van der Waals surface area contributed by atoms with Gasteiger partial charge in [-0.1, -0.05) is 13.3 Å². The molecule has 1 fully saturated rings. The highest BCUT2D eigenvalue weighted by molar-refractivity contribution is 5.83. The van der Waals surface area contributed by atoms with Gasteiger partial charge in [0.1, 0.15) is 11.6 Å². The van der Waals surface area contributed by atoms with E-state index in [-0.39, 0.29) is 18.0 Å². The maximum Gasteiger partial charge on any atom is 0.347 e. The molecule has 0 spiro atoms. The minimum atomic E-state index is -0.696. The van der Waals surface area contributed by atoms with Gasteiger partial charge in [-0.15, -0.1) is 0 Å². The Balaban J connectivity index is 1.59. The summed E-state index contributed by atoms with van der Waals surface area (Å²) in [6, 6.07) is 12.1. The first-order valence-corrected chi connectivity index (χ1v) is 12.2. The zero-order valence-electron chi connectivity index (χ0n) is 20.4. The molecule has 1 saturated heterocycles. The first kappa shape index (κ1) is 24.7. The largest absolute Gasteiger partial charge is 0.479 e. The number of likely N-dealkylation sites (N-methyl/N-ethyl adjacent to an activating group) is 1. The third-order valence-electron chi connectivity index (χ3n) is 6.40. The summed E-state index contributed by atoms with van der Waals surface area (Å²) in [5.74, 6) is -0.260. The van der Waals surface area contributed by atoms with Crippen LogP contribution in [0, 0.1) is 5.82 Å². The lowest BCUT2D eigenvalue weighted by Crippen LogP contribution is -2.29. The van der Waals surface area contributed by atoms with Gasteiger partial charge in [0.2, 0.25) is 0 Å². The van der Waals surface area contributed by atoms with Crippen molar-refractivity contribution < 1.29 is 18.7 Å². The van der Waals surface area contributed by atoms with E-state index in [1.54, 1.807) is 49.5 Å². The van der Waals surface area contributed by atoms with Crippen molar-refractivity contribution in [2.75, 3.05) is 31.6 Å². The van der Waals surface area contributed by atoms with E-state index in [4.69, 9.17) is 9.47 Å². The third-order valence-corrected chi connectivity index (χ3v) is 6.40. The topological polar surface area (TPSA) is 72.8 Å². The normalized spacial score (nSPS) is 16.5. The fourth-order valence-corrected chi connectivity index (χ4v) is 4.51. The highest BCUT2D eigenvalue weighted by Crippen LogP contribution is 2.26. The number of benzene rings is 2. The molecule has 7 nitrogen and oxygen atoms in total. The van der Waals surface area contributed by atoms with Crippen LogP contribution < -0.4 is 20.5 Å². The third kappa shape index (κ3) is 5.32. The average Bonchev–Trinajstić information content (AvgIpc) is 3.33. The minimum Gasteiger partial charge on any atom is -0.479 e. The van der Waals surface area contributed by atoms with Crippen LogP contribution in [0.3, 0.4) is 0 Å². The Kier molecular flexibility index (Phi) is 7.70. The average molecular weight is 482 g/mol. The first-order valence-electron chi connectivity index (χ1n) is 12.2. The summed E-state index contributed by atoms with van der Waals surface area (Å²) in [4.78, 5) is 27.4. The predicted octanol–water partition coefficient (Wildman–Crippen LogP) is 4.04. The highest BCUT2D eigenvalue weighted by atomic mass is 19.1. The van der Waals surface area contributed by atoms with Gasteiger partial charge in [0.05, 0.1) is 18.0 Å². The van der Waals surface area contributed by atoms with Crippen LogP contribution in [0.4, 0.5) is 10.1 Å². The SMILES string of the molecule is CCCC(Oc1ccc2c(=O)n(-c3ccc(N4CCC(NC)C4)c(F)c3)ccc2c1)C(=O)OCC. The Bertz CT molecular complexity index is 1260. The second-order valence-corrected chi connectivity index (χ2v) is 8.74. The maximum absolute atomic E-state index is 15.0. The molecule has 0 amide bonds. The molecular formula is C27H32FN3O4. The van der Waals surface area contributed by atoms with Gasteiger partial charge >= 0.3 is 5.97 Å². The van der Waals surface area contributed by atoms with Crippen molar-refractivity contribution in [1.82, 2.24) is 9.88 Å². The number of hydrogen-bond acceptors (Lipinski definition) is 6. The number of nitrogens with one attached hydrogen (secondary N) is 1. The van der Waals surface area contributed by atoms with E-state index >= 15 is 0 Å². The Hall–Kier alpha value is -3.39. The Morgan fingerprint density at radius 2 is 2.03 bits per heavy atom. The number of fused-ring (bicyclic) bond motifs is 1. The van der Waals surface area contributed by atoms with Crippen LogP contribution in [-0.4, -0.2) is 49.4 Å². The van der Waals surface area contributed by atoms with E-state index in [0.29, 0.717) is 40.4 Å². The molecule has 0 radical (unpaired) electrons. The van der Waals surface area contributed by atoms with Gasteiger partial charge in [0.25, 0.3) is 5.56 Å². The van der Waals surface area contributed by atoms with Crippen LogP contribution in [0.2, 0.25) is 0 Å². The standard InChI is InChI=1S/C27H32FN3O4/c1-4-6-25(27(33)34-5-2)35-21-8-9-22-18(15-21)11-14-31(26(22)32)20-7-10-24(23(28)16-20)30-13-12-19(17-30)29-3/h7-11,14-16,19,25,29H,4-6,12-13,17H2,1-3H3. The Labute approximate surface area is 204 Å². The summed E-state index contributed by atoms with van der Waals surface area (Å²) in [6.07, 6.45) is 3.20. The van der Waals surface area contributed by atoms with E-state index < -0.39 is 12.1 Å². The van der Waals surface area contributed by atoms with Crippen molar-refractivity contribution in [1.29, 1.82) is 0 Å². The van der Waals surface area contributed by atoms with Gasteiger partial charge in [-0.25, -0.2) is 9.18 Å². The lowest BCUT2D eigenvalue weighted by Gasteiger charge is -2.20. The number of nitrogens with zero attached hydrogens (tertiary/aromatic N) is 2. The molecule has 186 valence electrons. The predicted molar refractivity (Wildman–Crippen MR) is 135 cm³/mol. The molecule has 1 aliphatic rings. The number of hydrogen-bond donors (Lipinski definition) is 1. The number of halogens is 1. The number of carbonyl (C=O) groups excluding carboxylic acids is 1. The van der Waals surface area contributed by atoms with Crippen LogP contribution in [-0.2, 0) is 9.53 Å². The molecule has 1 N–H and O–H groups in total. The second-order valence-electron chi connectivity index (χ2n) is 8.74. The summed E-state index contributed by atoms with van der Waals surface area (Å²) >= 11 is 0. The molecule has 3 aromatic rings. The zero-order chi connectivity index (χ0) is 24.9. The molecule has 0 bridgehead atoms. The molecule has 35 heavy (non-hydrogen) atoms. The van der Waals surface area contributed by atoms with Gasteiger partial charge < -0.3 is 19.7 Å². The lowest BCUT2D eigenvalue weighted by atomic mass is 10.1. The molecule has 1 aromatic heterocycles. The van der Waals surface area contributed by atoms with Gasteiger partial charge in [0.15, 0.2) is 6.10 Å². The van der Waals surface area contributed by atoms with Gasteiger partial charge in [-0.05, 0) is 68.6 Å². The van der Waals surface area contributed by atoms with Crippen molar-refractivity contribution in [3.63, 3.8) is 0 Å². The number of rotatable bonds is 9. The smallest absolute Gasteiger partial charge is 0.347 e. The minimum absolute atomic E-state index is 0.256. The molecule has 8 heteroatoms. The number of ether oxygens (including phenoxy) is 2. The van der Waals surface area contributed by atoms with Crippen molar-refractivity contribution in [3.8, 4) is 11.4 Å². The number of anilines is 1. The Morgan fingerprint density at radius 3 is 2.71 bits per heavy atom. The lowest BCUT2D eigenvalue weighted by molar-refractivity contribution is -0.151. The van der Waals surface area contributed by atoms with Crippen LogP contribution in [0.25, 0.3) is 16.5 Å². The number of pyridine rings is 1. The van der Waals surface area contributed by atoms with Gasteiger partial charge in [0, 0.05) is 36.8 Å². The van der Waals surface area contributed by atoms with Crippen LogP contribution in [0.15, 0.2) is 53.5 Å². The number of esters is 1. The fourth-order valence-electron chi connectivity index (χ4n) is 4.51. The van der Waals surface area contributed by atoms with E-state index in [1.165, 1.54) is 10.6 Å². The van der Waals surface area contributed by atoms with Crippen molar-refractivity contribution in [2.24, 2.45) is 0 Å². The molecule has 0 saturated carbocycles. The van der Waals surface area contributed by atoms with Crippen LogP contribution >= 0.6 is 0 Å². The van der Waals surface area contributed by atoms with Crippen molar-refractivity contribution in [3.05, 3.63) is 64.8 Å². The molecular weight excluding hydrogens is 449 g/mol. The molecule has 4 rings (SSSR count). The van der Waals surface area contributed by atoms with Gasteiger partial charge in [-0.3, -0.25) is 9.36 Å². The van der Waals surface area contributed by atoms with Crippen LogP contribution in [0.5, 0.6) is 5.75 Å². The fraction of sp³-hybridized carbons (Fsp3) is 0.407. The van der Waals surface area contributed by atoms with E-state index in [1.807, 2.05) is 18.9 Å². The monoisotopic (exact) mass is 481 g/mol. The van der Waals surface area contributed by atoms with E-state index in [2.05, 4.69) is 5.32 Å². The van der Waals surface area contributed by atoms with E-state index in [9.17, 15) is 14.0 Å². The quantitative estimate of drug-likeness (QED) is 0.465. The second kappa shape index (κ2) is 10.9. The molecule has 2 atom stereocenters. The van der Waals surface area contributed by atoms with E-state index in [0.717, 1.165) is 25.9 Å². The summed E-state index contributed by atoms with van der Waals surface area (Å²) < 4.78 is 27.4. The molecule has 2 heterocycles. The summed E-state index contributed by atoms with van der Waals surface area (Å²) in [7, 11) is 1.92. The molecule has 2 aromatic carbocycles. The summed E-state index contributed by atoms with van der Waals surface area (Å²) in [5.41, 5.74) is 0.756. The Morgan fingerprint density at radius 1 is 1.20 bits per heavy atom. The summed E-state index contributed by atoms with van der Waals surface area (Å²) in [5, 5.41) is 4.39.